The Morgan fingerprint density at radius 2 is 0.662 bits per heavy atom. The van der Waals surface area contributed by atoms with Crippen LogP contribution in [0.2, 0.25) is 0 Å². The van der Waals surface area contributed by atoms with Gasteiger partial charge in [0, 0.05) is 44.9 Å². The van der Waals surface area contributed by atoms with Gasteiger partial charge in [0.05, 0.1) is 16.7 Å². The Bertz CT molecular complexity index is 3550. The monoisotopic (exact) mass is 962 g/mol. The first-order valence-electron chi connectivity index (χ1n) is 26.7. The molecule has 366 valence electrons. The van der Waals surface area contributed by atoms with Crippen LogP contribution < -0.4 is 26.2 Å². The molecule has 0 fully saturated rings. The van der Waals surface area contributed by atoms with Crippen molar-refractivity contribution in [1.82, 2.24) is 4.57 Å². The Kier molecular flexibility index (Phi) is 10.9. The minimum Gasteiger partial charge on any atom is -0.311 e. The van der Waals surface area contributed by atoms with Gasteiger partial charge in [-0.1, -0.05) is 217 Å². The molecular formula is C70H68BN3. The number of fused-ring (bicyclic) bond motifs is 7. The molecule has 0 spiro atoms. The molecule has 3 heterocycles. The third-order valence-electron chi connectivity index (χ3n) is 16.0. The van der Waals surface area contributed by atoms with Gasteiger partial charge in [-0.3, -0.25) is 0 Å². The molecule has 0 amide bonds. The smallest absolute Gasteiger partial charge is 0.252 e. The maximum Gasteiger partial charge on any atom is 0.252 e. The van der Waals surface area contributed by atoms with Gasteiger partial charge in [-0.25, -0.2) is 0 Å². The Balaban J connectivity index is 1.24. The van der Waals surface area contributed by atoms with Gasteiger partial charge in [-0.15, -0.1) is 0 Å². The molecule has 0 atom stereocenters. The summed E-state index contributed by atoms with van der Waals surface area (Å²) in [6.07, 6.45) is 0. The normalized spacial score (nSPS) is 13.6. The van der Waals surface area contributed by atoms with Crippen molar-refractivity contribution in [2.45, 2.75) is 105 Å². The molecule has 2 aliphatic heterocycles. The van der Waals surface area contributed by atoms with Crippen LogP contribution in [0.25, 0.3) is 49.7 Å². The van der Waals surface area contributed by atoms with E-state index in [1.54, 1.807) is 0 Å². The van der Waals surface area contributed by atoms with Crippen molar-refractivity contribution in [2.24, 2.45) is 0 Å². The largest absolute Gasteiger partial charge is 0.311 e. The highest BCUT2D eigenvalue weighted by Crippen LogP contribution is 2.48. The van der Waals surface area contributed by atoms with Gasteiger partial charge in [0.1, 0.15) is 0 Å². The summed E-state index contributed by atoms with van der Waals surface area (Å²) in [7, 11) is 0. The Labute approximate surface area is 440 Å². The van der Waals surface area contributed by atoms with Crippen LogP contribution in [0.5, 0.6) is 0 Å². The van der Waals surface area contributed by atoms with Gasteiger partial charge >= 0.3 is 0 Å². The molecule has 3 nitrogen and oxygen atoms in total. The van der Waals surface area contributed by atoms with Crippen molar-refractivity contribution in [3.63, 3.8) is 0 Å². The fourth-order valence-corrected chi connectivity index (χ4v) is 11.7. The molecular weight excluding hydrogens is 894 g/mol. The molecule has 0 N–H and O–H groups in total. The molecule has 0 saturated carbocycles. The lowest BCUT2D eigenvalue weighted by Crippen LogP contribution is -2.61. The predicted octanol–water partition coefficient (Wildman–Crippen LogP) is 17.4. The van der Waals surface area contributed by atoms with Crippen molar-refractivity contribution in [3.8, 4) is 27.9 Å². The lowest BCUT2D eigenvalue weighted by atomic mass is 9.33. The van der Waals surface area contributed by atoms with Crippen molar-refractivity contribution < 1.29 is 0 Å². The molecule has 0 aliphatic carbocycles. The number of aromatic nitrogens is 1. The Hall–Kier alpha value is -7.56. The summed E-state index contributed by atoms with van der Waals surface area (Å²) in [6, 6.07) is 74.5. The van der Waals surface area contributed by atoms with Crippen molar-refractivity contribution in [2.75, 3.05) is 9.80 Å². The topological polar surface area (TPSA) is 11.4 Å². The SMILES string of the molecule is CC(C)(C)c1ccc(N2c3ccc(-c4ccccc4)cc3B3c4cc(-c5ccccc5)ccc4N(c4ccc(C(C)(C)C)cc4)c4cc(-n5c6cc(C(C)(C)C)ccc6c6ccc(C(C)(C)C)cc65)cc2c43)cc1. The molecule has 9 aromatic carbocycles. The summed E-state index contributed by atoms with van der Waals surface area (Å²) in [4.78, 5) is 5.16. The predicted molar refractivity (Wildman–Crippen MR) is 320 cm³/mol. The minimum absolute atomic E-state index is 0.00462. The van der Waals surface area contributed by atoms with E-state index in [0.29, 0.717) is 0 Å². The quantitative estimate of drug-likeness (QED) is 0.159. The summed E-state index contributed by atoms with van der Waals surface area (Å²) >= 11 is 0. The zero-order valence-corrected chi connectivity index (χ0v) is 45.4. The number of anilines is 6. The molecule has 0 bridgehead atoms. The van der Waals surface area contributed by atoms with Crippen molar-refractivity contribution >= 4 is 79.0 Å². The van der Waals surface area contributed by atoms with E-state index in [-0.39, 0.29) is 28.4 Å². The first-order chi connectivity index (χ1) is 35.2. The molecule has 0 saturated heterocycles. The van der Waals surface area contributed by atoms with Crippen LogP contribution in [-0.2, 0) is 21.7 Å². The summed E-state index contributed by atoms with van der Waals surface area (Å²) in [5, 5.41) is 2.53. The van der Waals surface area contributed by atoms with Gasteiger partial charge in [0.25, 0.3) is 6.71 Å². The van der Waals surface area contributed by atoms with Crippen LogP contribution in [-0.4, -0.2) is 11.3 Å². The van der Waals surface area contributed by atoms with Crippen LogP contribution in [0, 0.1) is 0 Å². The molecule has 2 aliphatic rings. The zero-order chi connectivity index (χ0) is 51.6. The van der Waals surface area contributed by atoms with Crippen molar-refractivity contribution in [1.29, 1.82) is 0 Å². The highest BCUT2D eigenvalue weighted by Gasteiger charge is 2.44. The Morgan fingerprint density at radius 3 is 1.03 bits per heavy atom. The van der Waals surface area contributed by atoms with E-state index in [1.807, 2.05) is 0 Å². The summed E-state index contributed by atoms with van der Waals surface area (Å²) in [5.41, 5.74) is 24.5. The molecule has 0 unspecified atom stereocenters. The fourth-order valence-electron chi connectivity index (χ4n) is 11.7. The highest BCUT2D eigenvalue weighted by atomic mass is 15.2. The Morgan fingerprint density at radius 1 is 0.297 bits per heavy atom. The molecule has 4 heteroatoms. The average Bonchev–Trinajstić information content (AvgIpc) is 3.71. The molecule has 0 radical (unpaired) electrons. The van der Waals surface area contributed by atoms with Crippen LogP contribution >= 0.6 is 0 Å². The van der Waals surface area contributed by atoms with Crippen LogP contribution in [0.4, 0.5) is 34.1 Å². The van der Waals surface area contributed by atoms with E-state index in [0.717, 1.165) is 17.1 Å². The number of benzene rings is 9. The average molecular weight is 962 g/mol. The van der Waals surface area contributed by atoms with E-state index < -0.39 is 0 Å². The fraction of sp³-hybridized carbons (Fsp3) is 0.229. The van der Waals surface area contributed by atoms with E-state index in [9.17, 15) is 0 Å². The van der Waals surface area contributed by atoms with Gasteiger partial charge in [-0.05, 0) is 143 Å². The first-order valence-corrected chi connectivity index (χ1v) is 26.7. The highest BCUT2D eigenvalue weighted by molar-refractivity contribution is 7.00. The standard InChI is InChI=1S/C70H68BN3/c1-67(2,3)49-25-31-53(32-26-49)72-60-37-23-47(45-19-15-13-16-20-45)39-58(60)71-59-40-48(46-21-17-14-18-22-46)24-38-61(59)73(54-33-27-50(28-34-54)68(4,5)6)65-44-55(43-64(72)66(65)71)74-62-41-51(69(7,8)9)29-35-56(62)57-36-30-52(42-63(57)74)70(10,11)12/h13-44H,1-12H3. The minimum atomic E-state index is -0.0836. The number of hydrogen-bond acceptors (Lipinski definition) is 2. The van der Waals surface area contributed by atoms with Gasteiger partial charge in [0.2, 0.25) is 0 Å². The third kappa shape index (κ3) is 7.97. The van der Waals surface area contributed by atoms with Crippen molar-refractivity contribution in [3.05, 3.63) is 216 Å². The second kappa shape index (κ2) is 17.0. The lowest BCUT2D eigenvalue weighted by Gasteiger charge is -2.45. The summed E-state index contributed by atoms with van der Waals surface area (Å²) in [5.74, 6) is 0. The maximum absolute atomic E-state index is 2.59. The lowest BCUT2D eigenvalue weighted by molar-refractivity contribution is 0.590. The number of hydrogen-bond donors (Lipinski definition) is 0. The summed E-state index contributed by atoms with van der Waals surface area (Å²) in [6.45, 7) is 27.7. The van der Waals surface area contributed by atoms with Crippen LogP contribution in [0.3, 0.4) is 0 Å². The number of rotatable bonds is 5. The summed E-state index contributed by atoms with van der Waals surface area (Å²) < 4.78 is 2.59. The van der Waals surface area contributed by atoms with Gasteiger partial charge < -0.3 is 14.4 Å². The first kappa shape index (κ1) is 47.4. The van der Waals surface area contributed by atoms with Gasteiger partial charge in [0.15, 0.2) is 0 Å². The van der Waals surface area contributed by atoms with Gasteiger partial charge in [-0.2, -0.15) is 0 Å². The molecule has 10 aromatic rings. The third-order valence-corrected chi connectivity index (χ3v) is 16.0. The van der Waals surface area contributed by atoms with E-state index >= 15 is 0 Å². The van der Waals surface area contributed by atoms with E-state index in [2.05, 4.69) is 292 Å². The molecule has 74 heavy (non-hydrogen) atoms. The molecule has 1 aromatic heterocycles. The van der Waals surface area contributed by atoms with E-state index in [1.165, 1.54) is 105 Å². The van der Waals surface area contributed by atoms with Crippen LogP contribution in [0.1, 0.15) is 105 Å². The van der Waals surface area contributed by atoms with E-state index in [4.69, 9.17) is 0 Å². The zero-order valence-electron chi connectivity index (χ0n) is 45.4. The van der Waals surface area contributed by atoms with Crippen LogP contribution in [0.15, 0.2) is 194 Å². The maximum atomic E-state index is 2.59. The second-order valence-electron chi connectivity index (χ2n) is 25.2. The second-order valence-corrected chi connectivity index (χ2v) is 25.2. The molecule has 12 rings (SSSR count). The number of nitrogens with zero attached hydrogens (tertiary/aromatic N) is 3.